The van der Waals surface area contributed by atoms with E-state index < -0.39 is 11.9 Å². The largest absolute Gasteiger partial charge is 0.489 e. The number of imide groups is 1. The maximum Gasteiger partial charge on any atom is 0.255 e. The van der Waals surface area contributed by atoms with Gasteiger partial charge in [0.25, 0.3) is 5.91 Å². The van der Waals surface area contributed by atoms with E-state index in [4.69, 9.17) is 4.74 Å². The minimum Gasteiger partial charge on any atom is -0.489 e. The van der Waals surface area contributed by atoms with Gasteiger partial charge in [0.2, 0.25) is 11.8 Å². The van der Waals surface area contributed by atoms with Crippen LogP contribution in [0.5, 0.6) is 5.75 Å². The van der Waals surface area contributed by atoms with Gasteiger partial charge in [-0.1, -0.05) is 0 Å². The van der Waals surface area contributed by atoms with E-state index in [-0.39, 0.29) is 24.3 Å². The molecule has 2 saturated heterocycles. The topological polar surface area (TPSA) is 91.8 Å². The summed E-state index contributed by atoms with van der Waals surface area (Å²) in [5.41, 5.74) is 3.73. The number of piperidine rings is 1. The quantitative estimate of drug-likeness (QED) is 0.722. The number of rotatable bonds is 5. The fourth-order valence-corrected chi connectivity index (χ4v) is 4.77. The number of likely N-dealkylation sites (tertiary alicyclic amines) is 1. The molecule has 166 valence electrons. The summed E-state index contributed by atoms with van der Waals surface area (Å²) in [5, 5.41) is 2.33. The Morgan fingerprint density at radius 1 is 1.16 bits per heavy atom. The molecule has 0 saturated carbocycles. The van der Waals surface area contributed by atoms with Crippen molar-refractivity contribution in [2.45, 2.75) is 51.4 Å². The second kappa shape index (κ2) is 8.35. The SMILES string of the molecule is Cc1ccnc(CN2CC[C@H](Oc3ccc4c(c3)CN(C3CCC(=O)NC3=O)C4=O)C2)c1. The Morgan fingerprint density at radius 2 is 2.03 bits per heavy atom. The van der Waals surface area contributed by atoms with E-state index in [9.17, 15) is 14.4 Å². The molecule has 2 fully saturated rings. The van der Waals surface area contributed by atoms with Crippen LogP contribution in [0.2, 0.25) is 0 Å². The van der Waals surface area contributed by atoms with Crippen molar-refractivity contribution in [1.29, 1.82) is 0 Å². The highest BCUT2D eigenvalue weighted by molar-refractivity contribution is 6.05. The van der Waals surface area contributed by atoms with Crippen LogP contribution in [0, 0.1) is 6.92 Å². The summed E-state index contributed by atoms with van der Waals surface area (Å²) in [7, 11) is 0. The minimum atomic E-state index is -0.601. The van der Waals surface area contributed by atoms with Gasteiger partial charge in [0.05, 0.1) is 5.69 Å². The van der Waals surface area contributed by atoms with Gasteiger partial charge in [-0.25, -0.2) is 0 Å². The molecule has 2 aromatic rings. The Labute approximate surface area is 186 Å². The number of nitrogens with one attached hydrogen (secondary N) is 1. The van der Waals surface area contributed by atoms with Crippen molar-refractivity contribution in [3.8, 4) is 5.75 Å². The summed E-state index contributed by atoms with van der Waals surface area (Å²) in [4.78, 5) is 44.8. The van der Waals surface area contributed by atoms with E-state index in [0.29, 0.717) is 18.5 Å². The predicted octanol–water partition coefficient (Wildman–Crippen LogP) is 1.80. The van der Waals surface area contributed by atoms with Gasteiger partial charge in [0.15, 0.2) is 0 Å². The fraction of sp³-hybridized carbons (Fsp3) is 0.417. The van der Waals surface area contributed by atoms with E-state index in [1.54, 1.807) is 11.0 Å². The lowest BCUT2D eigenvalue weighted by Crippen LogP contribution is -2.52. The lowest BCUT2D eigenvalue weighted by molar-refractivity contribution is -0.136. The van der Waals surface area contributed by atoms with Gasteiger partial charge in [-0.05, 0) is 61.2 Å². The molecule has 0 aliphatic carbocycles. The molecule has 1 unspecified atom stereocenters. The summed E-state index contributed by atoms with van der Waals surface area (Å²) >= 11 is 0. The molecule has 2 atom stereocenters. The number of ether oxygens (including phenoxy) is 1. The molecule has 0 radical (unpaired) electrons. The number of amides is 3. The van der Waals surface area contributed by atoms with Crippen LogP contribution in [-0.2, 0) is 22.7 Å². The van der Waals surface area contributed by atoms with Gasteiger partial charge in [0.1, 0.15) is 17.9 Å². The average Bonchev–Trinajstić information content (AvgIpc) is 3.32. The third-order valence-corrected chi connectivity index (χ3v) is 6.38. The average molecular weight is 434 g/mol. The zero-order chi connectivity index (χ0) is 22.2. The lowest BCUT2D eigenvalue weighted by atomic mass is 10.0. The summed E-state index contributed by atoms with van der Waals surface area (Å²) in [6, 6.07) is 9.02. The van der Waals surface area contributed by atoms with E-state index >= 15 is 0 Å². The molecule has 8 heteroatoms. The highest BCUT2D eigenvalue weighted by Crippen LogP contribution is 2.31. The van der Waals surface area contributed by atoms with Gasteiger partial charge in [0, 0.05) is 44.4 Å². The van der Waals surface area contributed by atoms with Crippen LogP contribution >= 0.6 is 0 Å². The molecule has 8 nitrogen and oxygen atoms in total. The number of aryl methyl sites for hydroxylation is 1. The van der Waals surface area contributed by atoms with Gasteiger partial charge in [-0.2, -0.15) is 0 Å². The van der Waals surface area contributed by atoms with Crippen molar-refractivity contribution in [3.05, 3.63) is 58.9 Å². The molecule has 4 heterocycles. The molecular weight excluding hydrogens is 408 g/mol. The standard InChI is InChI=1S/C24H26N4O4/c1-15-6-8-25-17(10-15)13-27-9-7-19(14-27)32-18-2-3-20-16(11-18)12-28(24(20)31)21-4-5-22(29)26-23(21)30/h2-3,6,8,10-11,19,21H,4-5,7,9,12-14H2,1H3,(H,26,29,30)/t19-,21?/m0/s1. The first kappa shape index (κ1) is 20.6. The fourth-order valence-electron chi connectivity index (χ4n) is 4.77. The van der Waals surface area contributed by atoms with Crippen LogP contribution in [0.15, 0.2) is 36.5 Å². The third kappa shape index (κ3) is 4.10. The van der Waals surface area contributed by atoms with Crippen LogP contribution < -0.4 is 10.1 Å². The number of hydrogen-bond donors (Lipinski definition) is 1. The lowest BCUT2D eigenvalue weighted by Gasteiger charge is -2.29. The first-order valence-corrected chi connectivity index (χ1v) is 11.0. The Hall–Kier alpha value is -3.26. The van der Waals surface area contributed by atoms with Crippen LogP contribution in [-0.4, -0.2) is 57.7 Å². The van der Waals surface area contributed by atoms with Gasteiger partial charge in [-0.3, -0.25) is 29.6 Å². The number of pyridine rings is 1. The summed E-state index contributed by atoms with van der Waals surface area (Å²) in [5.74, 6) is -0.108. The molecule has 1 aromatic carbocycles. The zero-order valence-corrected chi connectivity index (χ0v) is 18.0. The van der Waals surface area contributed by atoms with Crippen molar-refractivity contribution < 1.29 is 19.1 Å². The summed E-state index contributed by atoms with van der Waals surface area (Å²) < 4.78 is 6.23. The number of aromatic nitrogens is 1. The predicted molar refractivity (Wildman–Crippen MR) is 116 cm³/mol. The number of carbonyl (C=O) groups excluding carboxylic acids is 3. The maximum atomic E-state index is 12.8. The minimum absolute atomic E-state index is 0.0844. The van der Waals surface area contributed by atoms with E-state index in [0.717, 1.165) is 43.1 Å². The number of carbonyl (C=O) groups is 3. The van der Waals surface area contributed by atoms with Crippen molar-refractivity contribution in [2.24, 2.45) is 0 Å². The third-order valence-electron chi connectivity index (χ3n) is 6.38. The smallest absolute Gasteiger partial charge is 0.255 e. The summed E-state index contributed by atoms with van der Waals surface area (Å²) in [6.07, 6.45) is 3.48. The second-order valence-corrected chi connectivity index (χ2v) is 8.81. The maximum absolute atomic E-state index is 12.8. The number of fused-ring (bicyclic) bond motifs is 1. The van der Waals surface area contributed by atoms with Gasteiger partial charge in [-0.15, -0.1) is 0 Å². The van der Waals surface area contributed by atoms with Crippen LogP contribution in [0.1, 0.15) is 46.4 Å². The molecule has 3 amide bonds. The summed E-state index contributed by atoms with van der Waals surface area (Å²) in [6.45, 7) is 5.01. The Morgan fingerprint density at radius 3 is 2.84 bits per heavy atom. The monoisotopic (exact) mass is 434 g/mol. The number of benzene rings is 1. The molecule has 3 aliphatic heterocycles. The van der Waals surface area contributed by atoms with E-state index in [1.165, 1.54) is 5.56 Å². The Bertz CT molecular complexity index is 1090. The molecule has 0 bridgehead atoms. The highest BCUT2D eigenvalue weighted by atomic mass is 16.5. The molecule has 1 aromatic heterocycles. The van der Waals surface area contributed by atoms with Crippen LogP contribution in [0.25, 0.3) is 0 Å². The van der Waals surface area contributed by atoms with E-state index in [2.05, 4.69) is 28.2 Å². The number of nitrogens with zero attached hydrogens (tertiary/aromatic N) is 3. The normalized spacial score (nSPS) is 23.4. The first-order valence-electron chi connectivity index (χ1n) is 11.0. The van der Waals surface area contributed by atoms with Crippen molar-refractivity contribution >= 4 is 17.7 Å². The van der Waals surface area contributed by atoms with Crippen molar-refractivity contribution in [2.75, 3.05) is 13.1 Å². The molecule has 5 rings (SSSR count). The molecule has 1 N–H and O–H groups in total. The Balaban J connectivity index is 1.21. The van der Waals surface area contributed by atoms with E-state index in [1.807, 2.05) is 24.4 Å². The van der Waals surface area contributed by atoms with Crippen molar-refractivity contribution in [1.82, 2.24) is 20.1 Å². The van der Waals surface area contributed by atoms with Gasteiger partial charge >= 0.3 is 0 Å². The molecule has 3 aliphatic rings. The highest BCUT2D eigenvalue weighted by Gasteiger charge is 2.39. The molecule has 0 spiro atoms. The molecule has 32 heavy (non-hydrogen) atoms. The van der Waals surface area contributed by atoms with Crippen LogP contribution in [0.3, 0.4) is 0 Å². The number of hydrogen-bond acceptors (Lipinski definition) is 6. The Kier molecular flexibility index (Phi) is 5.38. The second-order valence-electron chi connectivity index (χ2n) is 8.81. The molecular formula is C24H26N4O4. The van der Waals surface area contributed by atoms with Crippen LogP contribution in [0.4, 0.5) is 0 Å². The van der Waals surface area contributed by atoms with Gasteiger partial charge < -0.3 is 9.64 Å². The van der Waals surface area contributed by atoms with Crippen molar-refractivity contribution in [3.63, 3.8) is 0 Å². The zero-order valence-electron chi connectivity index (χ0n) is 18.0. The first-order chi connectivity index (χ1) is 15.5.